The number of hydrogen-bond donors (Lipinski definition) is 1. The van der Waals surface area contributed by atoms with Crippen molar-refractivity contribution in [1.82, 2.24) is 9.97 Å². The van der Waals surface area contributed by atoms with E-state index in [0.717, 1.165) is 22.6 Å². The molecule has 0 bridgehead atoms. The number of methoxy groups -OCH3 is 1. The van der Waals surface area contributed by atoms with Gasteiger partial charge in [-0.05, 0) is 42.2 Å². The molecule has 0 radical (unpaired) electrons. The SMILES string of the molecule is COc1cc(Nc2nc3c(cc2C#N)C(=O)CC(C)(C)C3)ccc1-c1ccccn1. The highest BCUT2D eigenvalue weighted by molar-refractivity contribution is 5.99. The number of nitrogens with one attached hydrogen (secondary N) is 1. The average Bonchev–Trinajstić information content (AvgIpc) is 2.73. The minimum Gasteiger partial charge on any atom is -0.496 e. The number of nitrogens with zero attached hydrogens (tertiary/aromatic N) is 3. The lowest BCUT2D eigenvalue weighted by molar-refractivity contribution is 0.0910. The highest BCUT2D eigenvalue weighted by atomic mass is 16.5. The molecule has 6 heteroatoms. The maximum Gasteiger partial charge on any atom is 0.165 e. The first-order chi connectivity index (χ1) is 14.4. The third-order valence-corrected chi connectivity index (χ3v) is 5.21. The van der Waals surface area contributed by atoms with Gasteiger partial charge < -0.3 is 10.1 Å². The molecule has 0 fully saturated rings. The molecule has 30 heavy (non-hydrogen) atoms. The Hall–Kier alpha value is -3.72. The molecule has 0 saturated heterocycles. The largest absolute Gasteiger partial charge is 0.496 e. The summed E-state index contributed by atoms with van der Waals surface area (Å²) in [6.45, 7) is 4.12. The van der Waals surface area contributed by atoms with Crippen LogP contribution in [0.3, 0.4) is 0 Å². The van der Waals surface area contributed by atoms with Gasteiger partial charge in [-0.3, -0.25) is 9.78 Å². The van der Waals surface area contributed by atoms with Crippen LogP contribution in [-0.4, -0.2) is 22.9 Å². The van der Waals surface area contributed by atoms with Gasteiger partial charge in [0.1, 0.15) is 17.6 Å². The van der Waals surface area contributed by atoms with Crippen LogP contribution in [0.1, 0.15) is 41.9 Å². The molecule has 0 amide bonds. The Morgan fingerprint density at radius 3 is 2.67 bits per heavy atom. The summed E-state index contributed by atoms with van der Waals surface area (Å²) in [7, 11) is 1.61. The van der Waals surface area contributed by atoms with Crippen molar-refractivity contribution in [3.63, 3.8) is 0 Å². The van der Waals surface area contributed by atoms with Gasteiger partial charge in [0.2, 0.25) is 0 Å². The molecule has 150 valence electrons. The molecule has 1 N–H and O–H groups in total. The molecule has 0 spiro atoms. The van der Waals surface area contributed by atoms with Gasteiger partial charge in [-0.15, -0.1) is 0 Å². The third-order valence-electron chi connectivity index (χ3n) is 5.21. The van der Waals surface area contributed by atoms with Crippen LogP contribution in [0.15, 0.2) is 48.7 Å². The van der Waals surface area contributed by atoms with Crippen molar-refractivity contribution in [2.45, 2.75) is 26.7 Å². The molecule has 2 aromatic heterocycles. The second kappa shape index (κ2) is 7.60. The number of aromatic nitrogens is 2. The fourth-order valence-electron chi connectivity index (χ4n) is 3.79. The van der Waals surface area contributed by atoms with E-state index in [2.05, 4.69) is 35.2 Å². The number of nitriles is 1. The van der Waals surface area contributed by atoms with Crippen LogP contribution >= 0.6 is 0 Å². The van der Waals surface area contributed by atoms with Crippen molar-refractivity contribution in [3.8, 4) is 23.1 Å². The average molecular weight is 398 g/mol. The molecule has 0 aliphatic heterocycles. The lowest BCUT2D eigenvalue weighted by atomic mass is 9.75. The molecular formula is C24H22N4O2. The number of Topliss-reactive ketones (excluding diaryl/α,β-unsaturated/α-hetero) is 1. The molecule has 0 unspecified atom stereocenters. The van der Waals surface area contributed by atoms with Crippen molar-refractivity contribution >= 4 is 17.3 Å². The van der Waals surface area contributed by atoms with E-state index in [-0.39, 0.29) is 11.2 Å². The smallest absolute Gasteiger partial charge is 0.165 e. The normalized spacial score (nSPS) is 14.5. The second-order valence-electron chi connectivity index (χ2n) is 8.19. The van der Waals surface area contributed by atoms with Gasteiger partial charge in [0, 0.05) is 35.5 Å². The number of benzene rings is 1. The Kier molecular flexibility index (Phi) is 4.96. The summed E-state index contributed by atoms with van der Waals surface area (Å²) in [5.41, 5.74) is 3.90. The van der Waals surface area contributed by atoms with Crippen molar-refractivity contribution in [1.29, 1.82) is 5.26 Å². The van der Waals surface area contributed by atoms with Crippen molar-refractivity contribution in [3.05, 3.63) is 65.5 Å². The lowest BCUT2D eigenvalue weighted by Gasteiger charge is -2.29. The Bertz CT molecular complexity index is 1160. The fourth-order valence-corrected chi connectivity index (χ4v) is 3.79. The third kappa shape index (κ3) is 3.74. The number of hydrogen-bond acceptors (Lipinski definition) is 6. The zero-order valence-corrected chi connectivity index (χ0v) is 17.2. The minimum absolute atomic E-state index is 0.0400. The van der Waals surface area contributed by atoms with E-state index in [0.29, 0.717) is 35.5 Å². The molecule has 0 saturated carbocycles. The van der Waals surface area contributed by atoms with Crippen molar-refractivity contribution in [2.75, 3.05) is 12.4 Å². The van der Waals surface area contributed by atoms with Crippen LogP contribution in [0, 0.1) is 16.7 Å². The quantitative estimate of drug-likeness (QED) is 0.671. The lowest BCUT2D eigenvalue weighted by Crippen LogP contribution is -2.28. The minimum atomic E-state index is -0.143. The Morgan fingerprint density at radius 2 is 1.97 bits per heavy atom. The standard InChI is InChI=1S/C24H22N4O2/c1-24(2)12-20-18(21(29)13-24)10-15(14-25)23(28-20)27-16-7-8-17(22(11-16)30-3)19-6-4-5-9-26-19/h4-11H,12-13H2,1-3H3,(H,27,28). The number of ether oxygens (including phenoxy) is 1. The number of anilines is 2. The molecule has 1 aliphatic rings. The summed E-state index contributed by atoms with van der Waals surface area (Å²) in [4.78, 5) is 21.5. The van der Waals surface area contributed by atoms with E-state index in [1.54, 1.807) is 19.4 Å². The number of ketones is 1. The van der Waals surface area contributed by atoms with E-state index in [4.69, 9.17) is 4.74 Å². The molecule has 4 rings (SSSR count). The van der Waals surface area contributed by atoms with E-state index in [1.807, 2.05) is 36.4 Å². The van der Waals surface area contributed by atoms with Gasteiger partial charge in [0.05, 0.1) is 24.1 Å². The summed E-state index contributed by atoms with van der Waals surface area (Å²) in [5, 5.41) is 12.8. The summed E-state index contributed by atoms with van der Waals surface area (Å²) in [6, 6.07) is 15.2. The van der Waals surface area contributed by atoms with Crippen LogP contribution in [0.2, 0.25) is 0 Å². The van der Waals surface area contributed by atoms with Gasteiger partial charge in [0.15, 0.2) is 5.78 Å². The summed E-state index contributed by atoms with van der Waals surface area (Å²) < 4.78 is 5.56. The predicted molar refractivity (Wildman–Crippen MR) is 115 cm³/mol. The van der Waals surface area contributed by atoms with Crippen LogP contribution < -0.4 is 10.1 Å². The topological polar surface area (TPSA) is 87.9 Å². The van der Waals surface area contributed by atoms with Crippen LogP contribution in [0.5, 0.6) is 5.75 Å². The first-order valence-electron chi connectivity index (χ1n) is 9.74. The number of carbonyl (C=O) groups excluding carboxylic acids is 1. The van der Waals surface area contributed by atoms with Gasteiger partial charge in [-0.2, -0.15) is 5.26 Å². The van der Waals surface area contributed by atoms with Gasteiger partial charge >= 0.3 is 0 Å². The van der Waals surface area contributed by atoms with E-state index in [9.17, 15) is 10.1 Å². The molecule has 1 aliphatic carbocycles. The fraction of sp³-hybridized carbons (Fsp3) is 0.250. The summed E-state index contributed by atoms with van der Waals surface area (Å²) in [6.07, 6.45) is 2.89. The summed E-state index contributed by atoms with van der Waals surface area (Å²) >= 11 is 0. The highest BCUT2D eigenvalue weighted by Crippen LogP contribution is 2.36. The zero-order chi connectivity index (χ0) is 21.3. The van der Waals surface area contributed by atoms with Gasteiger partial charge in [0.25, 0.3) is 0 Å². The first kappa shape index (κ1) is 19.6. The van der Waals surface area contributed by atoms with Crippen molar-refractivity contribution < 1.29 is 9.53 Å². The molecule has 1 aromatic carbocycles. The maximum absolute atomic E-state index is 12.5. The first-order valence-corrected chi connectivity index (χ1v) is 9.74. The van der Waals surface area contributed by atoms with Crippen LogP contribution in [0.4, 0.5) is 11.5 Å². The summed E-state index contributed by atoms with van der Waals surface area (Å²) in [5.74, 6) is 1.14. The molecule has 0 atom stereocenters. The molecular weight excluding hydrogens is 376 g/mol. The van der Waals surface area contributed by atoms with Crippen molar-refractivity contribution in [2.24, 2.45) is 5.41 Å². The Morgan fingerprint density at radius 1 is 1.13 bits per heavy atom. The van der Waals surface area contributed by atoms with E-state index >= 15 is 0 Å². The Labute approximate surface area is 175 Å². The molecule has 6 nitrogen and oxygen atoms in total. The predicted octanol–water partition coefficient (Wildman–Crippen LogP) is 4.92. The van der Waals surface area contributed by atoms with E-state index in [1.165, 1.54) is 0 Å². The maximum atomic E-state index is 12.5. The van der Waals surface area contributed by atoms with E-state index < -0.39 is 0 Å². The van der Waals surface area contributed by atoms with Crippen LogP contribution in [0.25, 0.3) is 11.3 Å². The molecule has 3 aromatic rings. The number of carbonyl (C=O) groups is 1. The monoisotopic (exact) mass is 398 g/mol. The van der Waals surface area contributed by atoms with Gasteiger partial charge in [-0.25, -0.2) is 4.98 Å². The number of pyridine rings is 2. The van der Waals surface area contributed by atoms with Crippen LogP contribution in [-0.2, 0) is 6.42 Å². The Balaban J connectivity index is 1.71. The van der Waals surface area contributed by atoms with Gasteiger partial charge in [-0.1, -0.05) is 19.9 Å². The number of fused-ring (bicyclic) bond motifs is 1. The number of rotatable bonds is 4. The second-order valence-corrected chi connectivity index (χ2v) is 8.19. The zero-order valence-electron chi connectivity index (χ0n) is 17.2. The molecule has 2 heterocycles. The highest BCUT2D eigenvalue weighted by Gasteiger charge is 2.32.